The third-order valence-electron chi connectivity index (χ3n) is 6.16. The number of rotatable bonds is 7. The summed E-state index contributed by atoms with van der Waals surface area (Å²) in [4.78, 5) is 11.9. The number of pyridine rings is 1. The first-order valence-electron chi connectivity index (χ1n) is 11.4. The summed E-state index contributed by atoms with van der Waals surface area (Å²) < 4.78 is 0. The summed E-state index contributed by atoms with van der Waals surface area (Å²) >= 11 is 0. The van der Waals surface area contributed by atoms with Crippen molar-refractivity contribution in [2.75, 3.05) is 32.7 Å². The standard InChI is InChI=1S/C23H39N5.HI/c1-3-24-23(25-14-11-20-10-9-19(2)26-17-20)27-22-12-15-28(16-13-22)18-21-7-5-4-6-8-21;/h9-10,17,21-22H,3-8,11-16,18H2,1-2H3,(H2,24,25,27);1H. The highest BCUT2D eigenvalue weighted by molar-refractivity contribution is 14.0. The molecule has 1 aliphatic carbocycles. The van der Waals surface area contributed by atoms with Crippen LogP contribution < -0.4 is 10.6 Å². The number of hydrogen-bond donors (Lipinski definition) is 2. The van der Waals surface area contributed by atoms with E-state index in [0.717, 1.165) is 37.1 Å². The van der Waals surface area contributed by atoms with Crippen LogP contribution in [-0.4, -0.2) is 54.6 Å². The number of nitrogens with one attached hydrogen (secondary N) is 2. The van der Waals surface area contributed by atoms with Gasteiger partial charge in [-0.2, -0.15) is 0 Å². The first kappa shape index (κ1) is 24.4. The van der Waals surface area contributed by atoms with Crippen LogP contribution in [0, 0.1) is 12.8 Å². The van der Waals surface area contributed by atoms with Gasteiger partial charge in [-0.05, 0) is 63.5 Å². The van der Waals surface area contributed by atoms with Crippen LogP contribution in [0.4, 0.5) is 0 Å². The summed E-state index contributed by atoms with van der Waals surface area (Å²) in [6.45, 7) is 9.62. The van der Waals surface area contributed by atoms with Gasteiger partial charge in [-0.1, -0.05) is 25.3 Å². The monoisotopic (exact) mass is 513 g/mol. The summed E-state index contributed by atoms with van der Waals surface area (Å²) in [6.07, 6.45) is 12.6. The van der Waals surface area contributed by atoms with Gasteiger partial charge in [-0.25, -0.2) is 0 Å². The number of aryl methyl sites for hydroxylation is 1. The first-order valence-corrected chi connectivity index (χ1v) is 11.4. The van der Waals surface area contributed by atoms with Crippen molar-refractivity contribution >= 4 is 29.9 Å². The van der Waals surface area contributed by atoms with Gasteiger partial charge in [-0.3, -0.25) is 9.98 Å². The summed E-state index contributed by atoms with van der Waals surface area (Å²) in [5, 5.41) is 7.08. The molecule has 0 atom stereocenters. The number of halogens is 1. The van der Waals surface area contributed by atoms with E-state index in [1.807, 2.05) is 13.1 Å². The van der Waals surface area contributed by atoms with E-state index in [1.54, 1.807) is 0 Å². The molecule has 2 heterocycles. The predicted molar refractivity (Wildman–Crippen MR) is 133 cm³/mol. The van der Waals surface area contributed by atoms with E-state index in [-0.39, 0.29) is 24.0 Å². The molecular formula is C23H40IN5. The van der Waals surface area contributed by atoms with E-state index in [4.69, 9.17) is 4.99 Å². The minimum atomic E-state index is 0. The summed E-state index contributed by atoms with van der Waals surface area (Å²) in [5.41, 5.74) is 2.32. The lowest BCUT2D eigenvalue weighted by molar-refractivity contribution is 0.160. The summed E-state index contributed by atoms with van der Waals surface area (Å²) in [6, 6.07) is 4.77. The molecule has 0 amide bonds. The van der Waals surface area contributed by atoms with Crippen LogP contribution in [0.25, 0.3) is 0 Å². The maximum atomic E-state index is 4.79. The molecule has 1 aliphatic heterocycles. The Hall–Kier alpha value is -0.890. The second-order valence-electron chi connectivity index (χ2n) is 8.54. The van der Waals surface area contributed by atoms with Crippen LogP contribution in [0.2, 0.25) is 0 Å². The molecule has 5 nitrogen and oxygen atoms in total. The molecule has 0 unspecified atom stereocenters. The van der Waals surface area contributed by atoms with Gasteiger partial charge >= 0.3 is 0 Å². The fourth-order valence-corrected chi connectivity index (χ4v) is 4.45. The average molecular weight is 514 g/mol. The lowest BCUT2D eigenvalue weighted by Crippen LogP contribution is -2.49. The fraction of sp³-hybridized carbons (Fsp3) is 0.739. The Morgan fingerprint density at radius 3 is 2.55 bits per heavy atom. The molecule has 0 spiro atoms. The smallest absolute Gasteiger partial charge is 0.191 e. The minimum Gasteiger partial charge on any atom is -0.357 e. The Morgan fingerprint density at radius 2 is 1.90 bits per heavy atom. The Labute approximate surface area is 194 Å². The van der Waals surface area contributed by atoms with Crippen LogP contribution in [0.15, 0.2) is 23.3 Å². The van der Waals surface area contributed by atoms with Crippen LogP contribution in [0.1, 0.15) is 63.1 Å². The molecule has 0 bridgehead atoms. The fourth-order valence-electron chi connectivity index (χ4n) is 4.45. The number of nitrogens with zero attached hydrogens (tertiary/aromatic N) is 3. The second kappa shape index (κ2) is 13.4. The zero-order valence-corrected chi connectivity index (χ0v) is 20.7. The molecule has 0 radical (unpaired) electrons. The molecule has 3 rings (SSSR count). The van der Waals surface area contributed by atoms with Crippen molar-refractivity contribution < 1.29 is 0 Å². The molecule has 2 N–H and O–H groups in total. The Bertz CT molecular complexity index is 590. The Kier molecular flexibility index (Phi) is 11.3. The Morgan fingerprint density at radius 1 is 1.14 bits per heavy atom. The van der Waals surface area contributed by atoms with Gasteiger partial charge in [0.2, 0.25) is 0 Å². The van der Waals surface area contributed by atoms with Gasteiger partial charge in [0.1, 0.15) is 0 Å². The Balaban J connectivity index is 0.00000300. The zero-order chi connectivity index (χ0) is 19.6. The van der Waals surface area contributed by atoms with Crippen molar-refractivity contribution in [2.45, 2.75) is 71.3 Å². The SMILES string of the molecule is CCNC(=NCCc1ccc(C)nc1)NC1CCN(CC2CCCCC2)CC1.I. The second-order valence-corrected chi connectivity index (χ2v) is 8.54. The highest BCUT2D eigenvalue weighted by Crippen LogP contribution is 2.25. The van der Waals surface area contributed by atoms with Gasteiger partial charge in [0.25, 0.3) is 0 Å². The molecule has 29 heavy (non-hydrogen) atoms. The number of aromatic nitrogens is 1. The molecule has 1 saturated carbocycles. The van der Waals surface area contributed by atoms with Crippen LogP contribution in [0.5, 0.6) is 0 Å². The van der Waals surface area contributed by atoms with Gasteiger partial charge in [0.15, 0.2) is 5.96 Å². The van der Waals surface area contributed by atoms with Gasteiger partial charge in [0, 0.05) is 50.7 Å². The van der Waals surface area contributed by atoms with E-state index >= 15 is 0 Å². The normalized spacial score (nSPS) is 19.6. The van der Waals surface area contributed by atoms with Crippen molar-refractivity contribution in [2.24, 2.45) is 10.9 Å². The van der Waals surface area contributed by atoms with Crippen LogP contribution in [-0.2, 0) is 6.42 Å². The third-order valence-corrected chi connectivity index (χ3v) is 6.16. The van der Waals surface area contributed by atoms with Gasteiger partial charge in [0.05, 0.1) is 0 Å². The number of hydrogen-bond acceptors (Lipinski definition) is 3. The lowest BCUT2D eigenvalue weighted by atomic mass is 9.88. The van der Waals surface area contributed by atoms with Gasteiger partial charge < -0.3 is 15.5 Å². The summed E-state index contributed by atoms with van der Waals surface area (Å²) in [5.74, 6) is 1.92. The molecule has 1 aromatic heterocycles. The minimum absolute atomic E-state index is 0. The van der Waals surface area contributed by atoms with Crippen LogP contribution >= 0.6 is 24.0 Å². The third kappa shape index (κ3) is 8.79. The maximum absolute atomic E-state index is 4.79. The molecular weight excluding hydrogens is 473 g/mol. The quantitative estimate of drug-likeness (QED) is 0.327. The van der Waals surface area contributed by atoms with Crippen molar-refractivity contribution in [3.05, 3.63) is 29.6 Å². The zero-order valence-electron chi connectivity index (χ0n) is 18.3. The number of aliphatic imine (C=N–C) groups is 1. The van der Waals surface area contributed by atoms with E-state index < -0.39 is 0 Å². The highest BCUT2D eigenvalue weighted by atomic mass is 127. The molecule has 1 saturated heterocycles. The molecule has 1 aromatic rings. The van der Waals surface area contributed by atoms with E-state index in [9.17, 15) is 0 Å². The van der Waals surface area contributed by atoms with Crippen molar-refractivity contribution in [3.8, 4) is 0 Å². The van der Waals surface area contributed by atoms with Crippen LogP contribution in [0.3, 0.4) is 0 Å². The van der Waals surface area contributed by atoms with Crippen molar-refractivity contribution in [3.63, 3.8) is 0 Å². The van der Waals surface area contributed by atoms with E-state index in [1.165, 1.54) is 70.1 Å². The van der Waals surface area contributed by atoms with E-state index in [0.29, 0.717) is 6.04 Å². The molecule has 2 aliphatic rings. The summed E-state index contributed by atoms with van der Waals surface area (Å²) in [7, 11) is 0. The number of piperidine rings is 1. The highest BCUT2D eigenvalue weighted by Gasteiger charge is 2.23. The largest absolute Gasteiger partial charge is 0.357 e. The van der Waals surface area contributed by atoms with E-state index in [2.05, 4.69) is 39.6 Å². The average Bonchev–Trinajstić information content (AvgIpc) is 2.72. The van der Waals surface area contributed by atoms with Crippen molar-refractivity contribution in [1.82, 2.24) is 20.5 Å². The molecule has 0 aromatic carbocycles. The molecule has 164 valence electrons. The molecule has 6 heteroatoms. The lowest BCUT2D eigenvalue weighted by Gasteiger charge is -2.36. The van der Waals surface area contributed by atoms with Gasteiger partial charge in [-0.15, -0.1) is 24.0 Å². The number of likely N-dealkylation sites (tertiary alicyclic amines) is 1. The molecule has 2 fully saturated rings. The topological polar surface area (TPSA) is 52.6 Å². The van der Waals surface area contributed by atoms with Crippen molar-refractivity contribution in [1.29, 1.82) is 0 Å². The predicted octanol–water partition coefficient (Wildman–Crippen LogP) is 4.15. The maximum Gasteiger partial charge on any atom is 0.191 e. The number of guanidine groups is 1. The first-order chi connectivity index (χ1) is 13.7.